The molecule has 0 fully saturated rings. The van der Waals surface area contributed by atoms with Crippen LogP contribution in [-0.2, 0) is 6.42 Å². The number of carbonyl (C=O) groups is 1. The van der Waals surface area contributed by atoms with E-state index in [-0.39, 0.29) is 21.7 Å². The third-order valence-corrected chi connectivity index (χ3v) is 4.84. The smallest absolute Gasteiger partial charge is 0.172 e. The minimum Gasteiger partial charge on any atom is -0.495 e. The molecule has 0 aliphatic heterocycles. The van der Waals surface area contributed by atoms with E-state index in [1.165, 1.54) is 7.11 Å². The van der Waals surface area contributed by atoms with Gasteiger partial charge in [-0.3, -0.25) is 4.79 Å². The fourth-order valence-electron chi connectivity index (χ4n) is 2.68. The Hall–Kier alpha value is -1.22. The third-order valence-electron chi connectivity index (χ3n) is 3.73. The summed E-state index contributed by atoms with van der Waals surface area (Å²) in [5.41, 5.74) is 2.29. The fraction of sp³-hybridized carbons (Fsp3) is 0.188. The number of carbonyl (C=O) groups excluding carboxylic acids is 1. The van der Waals surface area contributed by atoms with Crippen molar-refractivity contribution in [2.24, 2.45) is 0 Å². The second-order valence-electron chi connectivity index (χ2n) is 4.91. The Morgan fingerprint density at radius 3 is 2.38 bits per heavy atom. The Kier molecular flexibility index (Phi) is 3.87. The van der Waals surface area contributed by atoms with E-state index >= 15 is 0 Å². The van der Waals surface area contributed by atoms with Crippen LogP contribution in [0.4, 0.5) is 0 Å². The van der Waals surface area contributed by atoms with Crippen molar-refractivity contribution in [2.45, 2.75) is 12.3 Å². The molecule has 0 aromatic heterocycles. The lowest BCUT2D eigenvalue weighted by Gasteiger charge is -2.08. The van der Waals surface area contributed by atoms with Crippen LogP contribution < -0.4 is 4.74 Å². The van der Waals surface area contributed by atoms with Crippen molar-refractivity contribution in [3.8, 4) is 5.75 Å². The van der Waals surface area contributed by atoms with Gasteiger partial charge in [0.1, 0.15) is 10.8 Å². The minimum absolute atomic E-state index is 0.0122. The molecule has 0 spiro atoms. The Balaban J connectivity index is 2.06. The Morgan fingerprint density at radius 2 is 1.76 bits per heavy atom. The first-order valence-corrected chi connectivity index (χ1v) is 7.51. The maximum absolute atomic E-state index is 12.6. The van der Waals surface area contributed by atoms with Crippen LogP contribution in [0, 0.1) is 0 Å². The summed E-state index contributed by atoms with van der Waals surface area (Å²) in [6.45, 7) is 0. The molecule has 0 heterocycles. The van der Waals surface area contributed by atoms with Crippen LogP contribution in [0.3, 0.4) is 0 Å². The van der Waals surface area contributed by atoms with Gasteiger partial charge in [0, 0.05) is 10.6 Å². The van der Waals surface area contributed by atoms with Gasteiger partial charge in [-0.05, 0) is 35.7 Å². The van der Waals surface area contributed by atoms with Crippen LogP contribution in [-0.4, -0.2) is 12.9 Å². The molecule has 0 saturated carbocycles. The first kappa shape index (κ1) is 14.7. The molecule has 5 heteroatoms. The lowest BCUT2D eigenvalue weighted by molar-refractivity contribution is 0.0973. The lowest BCUT2D eigenvalue weighted by atomic mass is 9.95. The van der Waals surface area contributed by atoms with Gasteiger partial charge in [-0.15, -0.1) is 0 Å². The Morgan fingerprint density at radius 1 is 1.10 bits per heavy atom. The molecule has 3 rings (SSSR count). The zero-order valence-corrected chi connectivity index (χ0v) is 13.4. The summed E-state index contributed by atoms with van der Waals surface area (Å²) in [7, 11) is 1.53. The average Bonchev–Trinajstić information content (AvgIpc) is 2.81. The monoisotopic (exact) mass is 340 g/mol. The van der Waals surface area contributed by atoms with E-state index in [0.717, 1.165) is 11.1 Å². The van der Waals surface area contributed by atoms with E-state index < -0.39 is 0 Å². The van der Waals surface area contributed by atoms with Crippen molar-refractivity contribution in [2.75, 3.05) is 7.11 Å². The van der Waals surface area contributed by atoms with E-state index in [0.29, 0.717) is 22.8 Å². The number of Topliss-reactive ketones (excluding diaryl/α,β-unsaturated/α-hetero) is 1. The summed E-state index contributed by atoms with van der Waals surface area (Å²) in [5.74, 6) is 0.227. The molecule has 2 aromatic rings. The largest absolute Gasteiger partial charge is 0.495 e. The van der Waals surface area contributed by atoms with Gasteiger partial charge in [0.25, 0.3) is 0 Å². The maximum Gasteiger partial charge on any atom is 0.172 e. The van der Waals surface area contributed by atoms with E-state index in [1.807, 2.05) is 12.1 Å². The van der Waals surface area contributed by atoms with Crippen LogP contribution in [0.2, 0.25) is 15.1 Å². The maximum atomic E-state index is 12.6. The molecule has 0 N–H and O–H groups in total. The molecular formula is C16H11Cl3O2. The molecule has 0 amide bonds. The summed E-state index contributed by atoms with van der Waals surface area (Å²) in [5, 5.41) is 1.19. The van der Waals surface area contributed by atoms with Crippen LogP contribution in [0.5, 0.6) is 5.75 Å². The molecule has 1 atom stereocenters. The quantitative estimate of drug-likeness (QED) is 0.752. The molecule has 2 nitrogen and oxygen atoms in total. The number of hydrogen-bond donors (Lipinski definition) is 0. The number of ether oxygens (including phenoxy) is 1. The zero-order chi connectivity index (χ0) is 15.1. The highest BCUT2D eigenvalue weighted by Crippen LogP contribution is 2.44. The number of ketones is 1. The standard InChI is InChI=1S/C16H11Cl3O2/c1-21-12-7-9-6-11(8-2-4-10(17)5-3-8)16(20)13(9)15(19)14(12)18/h2-5,7,11H,6H2,1H3/t11-/m0/s1. The lowest BCUT2D eigenvalue weighted by Crippen LogP contribution is -2.07. The van der Waals surface area contributed by atoms with Crippen LogP contribution in [0.15, 0.2) is 30.3 Å². The number of fused-ring (bicyclic) bond motifs is 1. The number of benzene rings is 2. The minimum atomic E-state index is -0.252. The van der Waals surface area contributed by atoms with Crippen molar-refractivity contribution in [3.05, 3.63) is 62.1 Å². The van der Waals surface area contributed by atoms with Crippen LogP contribution in [0.1, 0.15) is 27.4 Å². The number of halogens is 3. The second kappa shape index (κ2) is 5.53. The van der Waals surface area contributed by atoms with E-state index in [2.05, 4.69) is 0 Å². The van der Waals surface area contributed by atoms with Crippen molar-refractivity contribution >= 4 is 40.6 Å². The molecule has 1 aliphatic carbocycles. The average molecular weight is 342 g/mol. The number of hydrogen-bond acceptors (Lipinski definition) is 2. The van der Waals surface area contributed by atoms with Crippen LogP contribution >= 0.6 is 34.8 Å². The SMILES string of the molecule is COc1cc2c(c(Cl)c1Cl)C(=O)[C@H](c1ccc(Cl)cc1)C2. The predicted molar refractivity (Wildman–Crippen MR) is 85.2 cm³/mol. The van der Waals surface area contributed by atoms with Crippen molar-refractivity contribution < 1.29 is 9.53 Å². The zero-order valence-electron chi connectivity index (χ0n) is 11.1. The van der Waals surface area contributed by atoms with E-state index in [1.54, 1.807) is 18.2 Å². The first-order valence-electron chi connectivity index (χ1n) is 6.37. The Labute approximate surface area is 137 Å². The summed E-state index contributed by atoms with van der Waals surface area (Å²) in [4.78, 5) is 12.6. The van der Waals surface area contributed by atoms with E-state index in [9.17, 15) is 4.79 Å². The summed E-state index contributed by atoms with van der Waals surface area (Å²) >= 11 is 18.3. The van der Waals surface area contributed by atoms with Crippen LogP contribution in [0.25, 0.3) is 0 Å². The van der Waals surface area contributed by atoms with Gasteiger partial charge >= 0.3 is 0 Å². The Bertz CT molecular complexity index is 723. The summed E-state index contributed by atoms with van der Waals surface area (Å²) in [6, 6.07) is 9.08. The molecule has 0 radical (unpaired) electrons. The molecule has 0 saturated heterocycles. The highest BCUT2D eigenvalue weighted by molar-refractivity contribution is 6.45. The first-order chi connectivity index (χ1) is 10.0. The van der Waals surface area contributed by atoms with Crippen molar-refractivity contribution in [1.82, 2.24) is 0 Å². The molecule has 2 aromatic carbocycles. The third kappa shape index (κ3) is 2.42. The second-order valence-corrected chi connectivity index (χ2v) is 6.11. The van der Waals surface area contributed by atoms with Gasteiger partial charge in [-0.1, -0.05) is 46.9 Å². The van der Waals surface area contributed by atoms with Gasteiger partial charge in [0.05, 0.1) is 18.1 Å². The highest BCUT2D eigenvalue weighted by atomic mass is 35.5. The topological polar surface area (TPSA) is 26.3 Å². The van der Waals surface area contributed by atoms with Gasteiger partial charge in [0.15, 0.2) is 5.78 Å². The van der Waals surface area contributed by atoms with Gasteiger partial charge in [-0.2, -0.15) is 0 Å². The molecule has 0 unspecified atom stereocenters. The summed E-state index contributed by atoms with van der Waals surface area (Å²) < 4.78 is 5.20. The van der Waals surface area contributed by atoms with E-state index in [4.69, 9.17) is 39.5 Å². The van der Waals surface area contributed by atoms with Gasteiger partial charge in [-0.25, -0.2) is 0 Å². The predicted octanol–water partition coefficient (Wildman–Crippen LogP) is 5.18. The normalized spacial score (nSPS) is 17.0. The fourth-order valence-corrected chi connectivity index (χ4v) is 3.34. The van der Waals surface area contributed by atoms with Gasteiger partial charge in [0.2, 0.25) is 0 Å². The molecule has 0 bridgehead atoms. The van der Waals surface area contributed by atoms with Gasteiger partial charge < -0.3 is 4.74 Å². The molecule has 21 heavy (non-hydrogen) atoms. The molecule has 1 aliphatic rings. The molecule has 108 valence electrons. The van der Waals surface area contributed by atoms with Crippen molar-refractivity contribution in [1.29, 1.82) is 0 Å². The number of methoxy groups -OCH3 is 1. The van der Waals surface area contributed by atoms with Crippen molar-refractivity contribution in [3.63, 3.8) is 0 Å². The summed E-state index contributed by atoms with van der Waals surface area (Å²) in [6.07, 6.45) is 0.586. The number of rotatable bonds is 2. The molecular weight excluding hydrogens is 331 g/mol. The highest BCUT2D eigenvalue weighted by Gasteiger charge is 2.35.